The first kappa shape index (κ1) is 26.3. The number of aryl methyl sites for hydroxylation is 1. The minimum atomic E-state index is -0.613. The molecule has 4 fully saturated rings. The number of nitrogen functional groups attached to an aromatic ring is 1. The molecule has 0 spiro atoms. The lowest BCUT2D eigenvalue weighted by Crippen LogP contribution is -2.51. The first-order valence-corrected chi connectivity index (χ1v) is 16.1. The molecule has 42 heavy (non-hydrogen) atoms. The number of nitrogens with zero attached hydrogens (tertiary/aromatic N) is 8. The van der Waals surface area contributed by atoms with Gasteiger partial charge in [0.15, 0.2) is 0 Å². The molecule has 0 aromatic carbocycles. The summed E-state index contributed by atoms with van der Waals surface area (Å²) in [5, 5.41) is 18.5. The topological polar surface area (TPSA) is 155 Å². The molecule has 2 bridgehead atoms. The van der Waals surface area contributed by atoms with Gasteiger partial charge in [-0.05, 0) is 77.8 Å². The van der Waals surface area contributed by atoms with Crippen molar-refractivity contribution >= 4 is 22.3 Å². The zero-order chi connectivity index (χ0) is 28.5. The second kappa shape index (κ2) is 9.86. The third kappa shape index (κ3) is 4.18. The molecule has 220 valence electrons. The number of nitrogens with two attached hydrogens (primary N) is 1. The van der Waals surface area contributed by atoms with Gasteiger partial charge >= 0.3 is 6.01 Å². The average molecular weight is 589 g/mol. The SMILES string of the molecule is C[C@@]1(c2nc(-c3nc(OCC45CCCN4CCC5)nc(N4C[C@H]5CC[C@@H](C4)N5)n3)no2)CCCc2sc(N)c(C#N)c21. The van der Waals surface area contributed by atoms with Crippen LogP contribution in [0, 0.1) is 11.3 Å². The fourth-order valence-electron chi connectivity index (χ4n) is 8.12. The largest absolute Gasteiger partial charge is 0.461 e. The second-order valence-electron chi connectivity index (χ2n) is 12.9. The molecule has 3 aromatic heterocycles. The molecule has 12 nitrogen and oxygen atoms in total. The number of nitrogens with one attached hydrogen (secondary N) is 1. The van der Waals surface area contributed by atoms with E-state index in [0.717, 1.165) is 81.6 Å². The number of nitriles is 1. The highest BCUT2D eigenvalue weighted by Crippen LogP contribution is 2.48. The number of hydrogen-bond donors (Lipinski definition) is 2. The summed E-state index contributed by atoms with van der Waals surface area (Å²) in [5.74, 6) is 1.68. The number of rotatable bonds is 6. The molecular formula is C29H36N10O2S. The predicted molar refractivity (Wildman–Crippen MR) is 156 cm³/mol. The summed E-state index contributed by atoms with van der Waals surface area (Å²) in [4.78, 5) is 25.2. The molecule has 7 heterocycles. The fourth-order valence-corrected chi connectivity index (χ4v) is 9.31. The van der Waals surface area contributed by atoms with E-state index in [0.29, 0.717) is 58.8 Å². The Kier molecular flexibility index (Phi) is 6.17. The van der Waals surface area contributed by atoms with Crippen LogP contribution >= 0.6 is 11.3 Å². The maximum Gasteiger partial charge on any atom is 0.321 e. The van der Waals surface area contributed by atoms with Crippen LogP contribution in [0.3, 0.4) is 0 Å². The van der Waals surface area contributed by atoms with Crippen LogP contribution in [-0.2, 0) is 11.8 Å². The zero-order valence-electron chi connectivity index (χ0n) is 23.9. The first-order chi connectivity index (χ1) is 20.4. The minimum Gasteiger partial charge on any atom is -0.461 e. The van der Waals surface area contributed by atoms with E-state index < -0.39 is 5.41 Å². The van der Waals surface area contributed by atoms with Gasteiger partial charge in [0.05, 0.1) is 16.5 Å². The Hall–Kier alpha value is -3.34. The predicted octanol–water partition coefficient (Wildman–Crippen LogP) is 3.03. The van der Waals surface area contributed by atoms with Crippen LogP contribution in [-0.4, -0.2) is 80.4 Å². The Morgan fingerprint density at radius 2 is 1.86 bits per heavy atom. The standard InChI is InChI=1S/C29H36N10O2S/c1-28(8-2-5-20-21(28)19(13-30)22(31)42-20)25-33-24(37-41-25)23-34-26(38-14-17-6-7-18(15-38)32-17)36-27(35-23)40-16-29-9-3-11-39(29)12-4-10-29/h17-18,32H,2-12,14-16,31H2,1H3/t17-,18+,28-/m1/s1. The average Bonchev–Trinajstić information content (AvgIpc) is 3.81. The van der Waals surface area contributed by atoms with Gasteiger partial charge < -0.3 is 25.2 Å². The van der Waals surface area contributed by atoms with Crippen molar-refractivity contribution < 1.29 is 9.26 Å². The van der Waals surface area contributed by atoms with Crippen LogP contribution in [0.15, 0.2) is 4.52 Å². The van der Waals surface area contributed by atoms with Gasteiger partial charge in [-0.15, -0.1) is 11.3 Å². The van der Waals surface area contributed by atoms with Crippen LogP contribution < -0.4 is 20.7 Å². The molecule has 5 aliphatic rings. The molecule has 8 rings (SSSR count). The lowest BCUT2D eigenvalue weighted by atomic mass is 9.72. The van der Waals surface area contributed by atoms with E-state index in [1.165, 1.54) is 24.2 Å². The fraction of sp³-hybridized carbons (Fsp3) is 0.655. The number of thiophene rings is 1. The maximum absolute atomic E-state index is 9.89. The van der Waals surface area contributed by atoms with Crippen molar-refractivity contribution in [3.05, 3.63) is 21.9 Å². The Bertz CT molecular complexity index is 1540. The number of anilines is 2. The molecule has 3 atom stereocenters. The Labute approximate surface area is 248 Å². The minimum absolute atomic E-state index is 0.0779. The van der Waals surface area contributed by atoms with Crippen LogP contribution in [0.1, 0.15) is 80.2 Å². The van der Waals surface area contributed by atoms with Gasteiger partial charge in [0.2, 0.25) is 23.5 Å². The normalized spacial score (nSPS) is 28.0. The zero-order valence-corrected chi connectivity index (χ0v) is 24.8. The third-order valence-corrected chi connectivity index (χ3v) is 11.3. The van der Waals surface area contributed by atoms with Gasteiger partial charge in [-0.1, -0.05) is 5.16 Å². The summed E-state index contributed by atoms with van der Waals surface area (Å²) >= 11 is 1.49. The van der Waals surface area contributed by atoms with Crippen molar-refractivity contribution in [2.75, 3.05) is 43.4 Å². The highest BCUT2D eigenvalue weighted by atomic mass is 32.1. The smallest absolute Gasteiger partial charge is 0.321 e. The van der Waals surface area contributed by atoms with Crippen molar-refractivity contribution in [1.82, 2.24) is 35.3 Å². The van der Waals surface area contributed by atoms with Gasteiger partial charge in [-0.3, -0.25) is 4.90 Å². The van der Waals surface area contributed by atoms with Crippen LogP contribution in [0.25, 0.3) is 11.6 Å². The van der Waals surface area contributed by atoms with Gasteiger partial charge in [-0.2, -0.15) is 25.2 Å². The molecule has 4 aliphatic heterocycles. The van der Waals surface area contributed by atoms with E-state index in [9.17, 15) is 5.26 Å². The van der Waals surface area contributed by atoms with Crippen molar-refractivity contribution in [3.8, 4) is 23.7 Å². The summed E-state index contributed by atoms with van der Waals surface area (Å²) in [6.45, 7) is 6.58. The second-order valence-corrected chi connectivity index (χ2v) is 14.0. The third-order valence-electron chi connectivity index (χ3n) is 10.2. The Morgan fingerprint density at radius 1 is 1.07 bits per heavy atom. The monoisotopic (exact) mass is 588 g/mol. The first-order valence-electron chi connectivity index (χ1n) is 15.3. The highest BCUT2D eigenvalue weighted by Gasteiger charge is 2.46. The summed E-state index contributed by atoms with van der Waals surface area (Å²) in [5.41, 5.74) is 7.15. The molecule has 0 radical (unpaired) electrons. The van der Waals surface area contributed by atoms with Crippen molar-refractivity contribution in [2.45, 2.75) is 87.7 Å². The lowest BCUT2D eigenvalue weighted by molar-refractivity contribution is 0.107. The molecule has 0 saturated carbocycles. The van der Waals surface area contributed by atoms with Crippen molar-refractivity contribution in [2.24, 2.45) is 0 Å². The quantitative estimate of drug-likeness (QED) is 0.435. The van der Waals surface area contributed by atoms with E-state index in [2.05, 4.69) is 33.3 Å². The van der Waals surface area contributed by atoms with E-state index in [-0.39, 0.29) is 5.54 Å². The molecule has 0 unspecified atom stereocenters. The number of fused-ring (bicyclic) bond motifs is 4. The van der Waals surface area contributed by atoms with E-state index in [1.807, 2.05) is 0 Å². The van der Waals surface area contributed by atoms with Crippen molar-refractivity contribution in [3.63, 3.8) is 0 Å². The van der Waals surface area contributed by atoms with E-state index in [4.69, 9.17) is 34.9 Å². The Morgan fingerprint density at radius 3 is 2.62 bits per heavy atom. The molecule has 3 aromatic rings. The van der Waals surface area contributed by atoms with Crippen LogP contribution in [0.4, 0.5) is 10.9 Å². The molecule has 1 aliphatic carbocycles. The highest BCUT2D eigenvalue weighted by molar-refractivity contribution is 7.16. The van der Waals surface area contributed by atoms with E-state index >= 15 is 0 Å². The van der Waals surface area contributed by atoms with Crippen LogP contribution in [0.2, 0.25) is 0 Å². The molecule has 3 N–H and O–H groups in total. The summed E-state index contributed by atoms with van der Waals surface area (Å²) in [7, 11) is 0. The molecule has 0 amide bonds. The van der Waals surface area contributed by atoms with E-state index in [1.54, 1.807) is 0 Å². The maximum atomic E-state index is 9.89. The summed E-state index contributed by atoms with van der Waals surface area (Å²) in [6.07, 6.45) is 9.64. The molecule has 4 saturated heterocycles. The van der Waals surface area contributed by atoms with Gasteiger partial charge in [0.1, 0.15) is 17.7 Å². The van der Waals surface area contributed by atoms with Crippen LogP contribution in [0.5, 0.6) is 6.01 Å². The number of aromatic nitrogens is 5. The molecular weight excluding hydrogens is 552 g/mol. The lowest BCUT2D eigenvalue weighted by Gasteiger charge is -2.33. The van der Waals surface area contributed by atoms with Gasteiger partial charge in [-0.25, -0.2) is 0 Å². The number of piperazine rings is 1. The number of ether oxygens (including phenoxy) is 1. The van der Waals surface area contributed by atoms with Gasteiger partial charge in [0, 0.05) is 35.6 Å². The number of hydrogen-bond acceptors (Lipinski definition) is 13. The Balaban J connectivity index is 1.14. The molecule has 13 heteroatoms. The van der Waals surface area contributed by atoms with Crippen molar-refractivity contribution in [1.29, 1.82) is 5.26 Å². The van der Waals surface area contributed by atoms with Gasteiger partial charge in [0.25, 0.3) is 0 Å². The summed E-state index contributed by atoms with van der Waals surface area (Å²) in [6, 6.07) is 3.49. The summed E-state index contributed by atoms with van der Waals surface area (Å²) < 4.78 is 12.3.